The second kappa shape index (κ2) is 7.10. The molecule has 0 amide bonds. The highest BCUT2D eigenvalue weighted by atomic mass is 14.9. The van der Waals surface area contributed by atoms with Gasteiger partial charge in [-0.2, -0.15) is 0 Å². The second-order valence-electron chi connectivity index (χ2n) is 4.99. The molecule has 1 aromatic carbocycles. The molecule has 0 saturated carbocycles. The van der Waals surface area contributed by atoms with Crippen molar-refractivity contribution in [1.29, 1.82) is 0 Å². The van der Waals surface area contributed by atoms with Crippen LogP contribution in [0.5, 0.6) is 0 Å². The first-order valence-corrected chi connectivity index (χ1v) is 7.12. The average Bonchev–Trinajstić information content (AvgIpc) is 2.45. The number of rotatable bonds is 7. The standard InChI is InChI=1S/C16H23N3/c1-2-5-13(8-10-17)12-19-16-9-11-18-15-7-4-3-6-14(15)16/h3-4,6-7,9,11,13H,2,5,8,10,12,17H2,1H3,(H,18,19). The molecule has 102 valence electrons. The Bertz CT molecular complexity index is 499. The number of para-hydroxylation sites is 1. The van der Waals surface area contributed by atoms with Crippen molar-refractivity contribution in [3.63, 3.8) is 0 Å². The van der Waals surface area contributed by atoms with Crippen LogP contribution in [0.3, 0.4) is 0 Å². The molecular weight excluding hydrogens is 234 g/mol. The van der Waals surface area contributed by atoms with Gasteiger partial charge >= 0.3 is 0 Å². The van der Waals surface area contributed by atoms with Gasteiger partial charge < -0.3 is 11.1 Å². The third kappa shape index (κ3) is 3.67. The maximum absolute atomic E-state index is 5.68. The second-order valence-corrected chi connectivity index (χ2v) is 4.99. The lowest BCUT2D eigenvalue weighted by Crippen LogP contribution is -2.18. The predicted molar refractivity (Wildman–Crippen MR) is 82.3 cm³/mol. The minimum atomic E-state index is 0.655. The van der Waals surface area contributed by atoms with Gasteiger partial charge in [-0.05, 0) is 37.4 Å². The molecule has 3 N–H and O–H groups in total. The smallest absolute Gasteiger partial charge is 0.0722 e. The maximum atomic E-state index is 5.68. The summed E-state index contributed by atoms with van der Waals surface area (Å²) in [5, 5.41) is 4.75. The van der Waals surface area contributed by atoms with E-state index < -0.39 is 0 Å². The van der Waals surface area contributed by atoms with Crippen LogP contribution in [0.2, 0.25) is 0 Å². The highest BCUT2D eigenvalue weighted by Crippen LogP contribution is 2.22. The SMILES string of the molecule is CCCC(CCN)CNc1ccnc2ccccc12. The fraction of sp³-hybridized carbons (Fsp3) is 0.438. The number of anilines is 1. The molecule has 0 aliphatic carbocycles. The lowest BCUT2D eigenvalue weighted by Gasteiger charge is -2.17. The van der Waals surface area contributed by atoms with Gasteiger partial charge in [-0.15, -0.1) is 0 Å². The zero-order valence-corrected chi connectivity index (χ0v) is 11.6. The first kappa shape index (κ1) is 13.8. The van der Waals surface area contributed by atoms with Crippen LogP contribution in [0.15, 0.2) is 36.5 Å². The molecule has 1 atom stereocenters. The van der Waals surface area contributed by atoms with Gasteiger partial charge in [0.25, 0.3) is 0 Å². The van der Waals surface area contributed by atoms with Crippen LogP contribution in [0.1, 0.15) is 26.2 Å². The largest absolute Gasteiger partial charge is 0.384 e. The van der Waals surface area contributed by atoms with Gasteiger partial charge in [0.05, 0.1) is 5.52 Å². The van der Waals surface area contributed by atoms with Gasteiger partial charge in [0.15, 0.2) is 0 Å². The summed E-state index contributed by atoms with van der Waals surface area (Å²) in [5.41, 5.74) is 7.89. The van der Waals surface area contributed by atoms with Crippen molar-refractivity contribution in [1.82, 2.24) is 4.98 Å². The minimum absolute atomic E-state index is 0.655. The molecule has 0 bridgehead atoms. The van der Waals surface area contributed by atoms with Crippen LogP contribution in [0.25, 0.3) is 10.9 Å². The molecule has 0 radical (unpaired) electrons. The highest BCUT2D eigenvalue weighted by molar-refractivity contribution is 5.90. The normalized spacial score (nSPS) is 12.5. The molecule has 0 aliphatic rings. The van der Waals surface area contributed by atoms with E-state index in [1.165, 1.54) is 23.9 Å². The van der Waals surface area contributed by atoms with E-state index in [2.05, 4.69) is 29.4 Å². The van der Waals surface area contributed by atoms with E-state index in [4.69, 9.17) is 5.73 Å². The van der Waals surface area contributed by atoms with Crippen LogP contribution in [-0.4, -0.2) is 18.1 Å². The van der Waals surface area contributed by atoms with Gasteiger partial charge in [-0.3, -0.25) is 4.98 Å². The summed E-state index contributed by atoms with van der Waals surface area (Å²) >= 11 is 0. The number of hydrogen-bond donors (Lipinski definition) is 2. The van der Waals surface area contributed by atoms with Crippen molar-refractivity contribution in [3.8, 4) is 0 Å². The van der Waals surface area contributed by atoms with Gasteiger partial charge in [0.1, 0.15) is 0 Å². The Labute approximate surface area is 115 Å². The summed E-state index contributed by atoms with van der Waals surface area (Å²) in [6.07, 6.45) is 5.39. The van der Waals surface area contributed by atoms with Gasteiger partial charge in [0.2, 0.25) is 0 Å². The Morgan fingerprint density at radius 1 is 1.21 bits per heavy atom. The van der Waals surface area contributed by atoms with E-state index >= 15 is 0 Å². The Kier molecular flexibility index (Phi) is 5.16. The molecule has 2 rings (SSSR count). The lowest BCUT2D eigenvalue weighted by molar-refractivity contribution is 0.473. The topological polar surface area (TPSA) is 50.9 Å². The summed E-state index contributed by atoms with van der Waals surface area (Å²) in [5.74, 6) is 0.655. The molecular formula is C16H23N3. The fourth-order valence-corrected chi connectivity index (χ4v) is 2.50. The molecule has 1 aromatic heterocycles. The van der Waals surface area contributed by atoms with E-state index in [0.29, 0.717) is 5.92 Å². The van der Waals surface area contributed by atoms with Crippen molar-refractivity contribution in [2.75, 3.05) is 18.4 Å². The van der Waals surface area contributed by atoms with E-state index in [-0.39, 0.29) is 0 Å². The number of aromatic nitrogens is 1. The summed E-state index contributed by atoms with van der Waals surface area (Å²) in [4.78, 5) is 4.38. The Morgan fingerprint density at radius 3 is 2.84 bits per heavy atom. The van der Waals surface area contributed by atoms with Gasteiger partial charge in [-0.25, -0.2) is 0 Å². The van der Waals surface area contributed by atoms with Crippen molar-refractivity contribution in [2.24, 2.45) is 11.7 Å². The Balaban J connectivity index is 2.08. The number of nitrogens with one attached hydrogen (secondary N) is 1. The quantitative estimate of drug-likeness (QED) is 0.799. The van der Waals surface area contributed by atoms with Gasteiger partial charge in [-0.1, -0.05) is 31.5 Å². The van der Waals surface area contributed by atoms with Crippen LogP contribution in [0, 0.1) is 5.92 Å². The first-order chi connectivity index (χ1) is 9.35. The highest BCUT2D eigenvalue weighted by Gasteiger charge is 2.07. The van der Waals surface area contributed by atoms with Crippen LogP contribution >= 0.6 is 0 Å². The number of benzene rings is 1. The Morgan fingerprint density at radius 2 is 2.05 bits per heavy atom. The molecule has 0 saturated heterocycles. The number of nitrogens with zero attached hydrogens (tertiary/aromatic N) is 1. The molecule has 3 heteroatoms. The number of nitrogens with two attached hydrogens (primary N) is 1. The summed E-state index contributed by atoms with van der Waals surface area (Å²) in [6.45, 7) is 3.98. The molecule has 0 spiro atoms. The van der Waals surface area contributed by atoms with Crippen molar-refractivity contribution >= 4 is 16.6 Å². The third-order valence-corrected chi connectivity index (χ3v) is 3.50. The Hall–Kier alpha value is -1.61. The van der Waals surface area contributed by atoms with E-state index in [0.717, 1.165) is 25.0 Å². The predicted octanol–water partition coefficient (Wildman–Crippen LogP) is 3.41. The van der Waals surface area contributed by atoms with Crippen LogP contribution in [0.4, 0.5) is 5.69 Å². The number of fused-ring (bicyclic) bond motifs is 1. The summed E-state index contributed by atoms with van der Waals surface area (Å²) < 4.78 is 0. The van der Waals surface area contributed by atoms with E-state index in [1.54, 1.807) is 0 Å². The minimum Gasteiger partial charge on any atom is -0.384 e. The molecule has 1 unspecified atom stereocenters. The van der Waals surface area contributed by atoms with Crippen LogP contribution < -0.4 is 11.1 Å². The maximum Gasteiger partial charge on any atom is 0.0722 e. The zero-order chi connectivity index (χ0) is 13.5. The third-order valence-electron chi connectivity index (χ3n) is 3.50. The lowest BCUT2D eigenvalue weighted by atomic mass is 9.99. The van der Waals surface area contributed by atoms with Gasteiger partial charge in [0, 0.05) is 23.8 Å². The van der Waals surface area contributed by atoms with Crippen molar-refractivity contribution < 1.29 is 0 Å². The zero-order valence-electron chi connectivity index (χ0n) is 11.6. The molecule has 2 aromatic rings. The number of hydrogen-bond acceptors (Lipinski definition) is 3. The number of pyridine rings is 1. The fourth-order valence-electron chi connectivity index (χ4n) is 2.50. The summed E-state index contributed by atoms with van der Waals surface area (Å²) in [7, 11) is 0. The average molecular weight is 257 g/mol. The van der Waals surface area contributed by atoms with E-state index in [9.17, 15) is 0 Å². The molecule has 19 heavy (non-hydrogen) atoms. The van der Waals surface area contributed by atoms with Crippen LogP contribution in [-0.2, 0) is 0 Å². The molecule has 0 aliphatic heterocycles. The van der Waals surface area contributed by atoms with E-state index in [1.807, 2.05) is 24.4 Å². The first-order valence-electron chi connectivity index (χ1n) is 7.12. The monoisotopic (exact) mass is 257 g/mol. The molecule has 0 fully saturated rings. The van der Waals surface area contributed by atoms with Crippen molar-refractivity contribution in [3.05, 3.63) is 36.5 Å². The molecule has 1 heterocycles. The van der Waals surface area contributed by atoms with Crippen molar-refractivity contribution in [2.45, 2.75) is 26.2 Å². The molecule has 3 nitrogen and oxygen atoms in total. The summed E-state index contributed by atoms with van der Waals surface area (Å²) in [6, 6.07) is 10.3.